The predicted molar refractivity (Wildman–Crippen MR) is 82.0 cm³/mol. The van der Waals surface area contributed by atoms with Crippen LogP contribution in [-0.2, 0) is 6.42 Å². The van der Waals surface area contributed by atoms with E-state index in [1.54, 1.807) is 11.3 Å². The fraction of sp³-hybridized carbons (Fsp3) is 0.125. The molecule has 3 N–H and O–H groups in total. The van der Waals surface area contributed by atoms with Gasteiger partial charge in [0.25, 0.3) is 0 Å². The van der Waals surface area contributed by atoms with E-state index < -0.39 is 0 Å². The largest absolute Gasteiger partial charge is 0.271 e. The molecule has 1 unspecified atom stereocenters. The molecule has 0 saturated carbocycles. The molecule has 1 heterocycles. The second-order valence-corrected chi connectivity index (χ2v) is 5.44. The molecule has 0 aliphatic rings. The van der Waals surface area contributed by atoms with Crippen molar-refractivity contribution in [2.24, 2.45) is 5.84 Å². The topological polar surface area (TPSA) is 38.0 Å². The summed E-state index contributed by atoms with van der Waals surface area (Å²) in [6.45, 7) is 0. The smallest absolute Gasteiger partial charge is 0.0508 e. The zero-order chi connectivity index (χ0) is 13.1. The molecule has 0 aliphatic heterocycles. The first-order valence-electron chi connectivity index (χ1n) is 6.33. The van der Waals surface area contributed by atoms with Crippen LogP contribution < -0.4 is 11.3 Å². The summed E-state index contributed by atoms with van der Waals surface area (Å²) in [5, 5.41) is 6.78. The second kappa shape index (κ2) is 5.53. The normalized spacial score (nSPS) is 12.7. The molecule has 1 aromatic heterocycles. The van der Waals surface area contributed by atoms with Gasteiger partial charge in [0.1, 0.15) is 0 Å². The number of hydrogen-bond acceptors (Lipinski definition) is 3. The number of hydrogen-bond donors (Lipinski definition) is 2. The third-order valence-corrected chi connectivity index (χ3v) is 4.10. The Bertz CT molecular complexity index is 661. The van der Waals surface area contributed by atoms with E-state index >= 15 is 0 Å². The van der Waals surface area contributed by atoms with Crippen LogP contribution in [0.25, 0.3) is 10.8 Å². The molecule has 96 valence electrons. The number of nitrogens with two attached hydrogens (primary N) is 1. The Morgan fingerprint density at radius 1 is 1.05 bits per heavy atom. The minimum atomic E-state index is 0.174. The Labute approximate surface area is 116 Å². The van der Waals surface area contributed by atoms with Crippen molar-refractivity contribution in [3.63, 3.8) is 0 Å². The minimum absolute atomic E-state index is 0.174. The molecule has 0 saturated heterocycles. The van der Waals surface area contributed by atoms with Gasteiger partial charge in [-0.1, -0.05) is 42.5 Å². The van der Waals surface area contributed by atoms with Crippen molar-refractivity contribution >= 4 is 22.1 Å². The summed E-state index contributed by atoms with van der Waals surface area (Å²) in [5.74, 6) is 5.68. The number of benzene rings is 2. The van der Waals surface area contributed by atoms with E-state index in [2.05, 4.69) is 64.7 Å². The lowest BCUT2D eigenvalue weighted by Gasteiger charge is -2.15. The molecule has 0 radical (unpaired) electrons. The maximum Gasteiger partial charge on any atom is 0.0508 e. The molecule has 2 nitrogen and oxygen atoms in total. The first kappa shape index (κ1) is 12.4. The standard InChI is InChI=1S/C16H16N2S/c17-18-16(15-7-8-19-11-15)10-12-5-6-13-3-1-2-4-14(13)9-12/h1-9,11,16,18H,10,17H2. The minimum Gasteiger partial charge on any atom is -0.271 e. The molecule has 19 heavy (non-hydrogen) atoms. The maximum absolute atomic E-state index is 5.68. The van der Waals surface area contributed by atoms with Crippen molar-refractivity contribution in [3.8, 4) is 0 Å². The van der Waals surface area contributed by atoms with E-state index in [0.29, 0.717) is 0 Å². The highest BCUT2D eigenvalue weighted by molar-refractivity contribution is 7.07. The number of rotatable bonds is 4. The van der Waals surface area contributed by atoms with Crippen LogP contribution in [-0.4, -0.2) is 0 Å². The predicted octanol–water partition coefficient (Wildman–Crippen LogP) is 3.65. The summed E-state index contributed by atoms with van der Waals surface area (Å²) >= 11 is 1.70. The maximum atomic E-state index is 5.68. The third-order valence-electron chi connectivity index (χ3n) is 3.40. The van der Waals surface area contributed by atoms with Gasteiger partial charge < -0.3 is 0 Å². The molecule has 0 bridgehead atoms. The van der Waals surface area contributed by atoms with Gasteiger partial charge in [-0.15, -0.1) is 0 Å². The number of fused-ring (bicyclic) bond motifs is 1. The number of hydrazine groups is 1. The van der Waals surface area contributed by atoms with Crippen molar-refractivity contribution in [1.29, 1.82) is 0 Å². The van der Waals surface area contributed by atoms with Crippen LogP contribution >= 0.6 is 11.3 Å². The van der Waals surface area contributed by atoms with Gasteiger partial charge in [0.2, 0.25) is 0 Å². The lowest BCUT2D eigenvalue weighted by Crippen LogP contribution is -2.29. The molecule has 2 aromatic carbocycles. The van der Waals surface area contributed by atoms with Crippen molar-refractivity contribution in [1.82, 2.24) is 5.43 Å². The Kier molecular flexibility index (Phi) is 3.60. The first-order valence-corrected chi connectivity index (χ1v) is 7.27. The van der Waals surface area contributed by atoms with Crippen molar-refractivity contribution in [3.05, 3.63) is 70.4 Å². The van der Waals surface area contributed by atoms with E-state index in [0.717, 1.165) is 6.42 Å². The summed E-state index contributed by atoms with van der Waals surface area (Å²) in [6.07, 6.45) is 0.901. The van der Waals surface area contributed by atoms with Crippen LogP contribution in [0.5, 0.6) is 0 Å². The van der Waals surface area contributed by atoms with Crippen LogP contribution in [0.15, 0.2) is 59.3 Å². The van der Waals surface area contributed by atoms with E-state index in [4.69, 9.17) is 5.84 Å². The fourth-order valence-electron chi connectivity index (χ4n) is 2.35. The fourth-order valence-corrected chi connectivity index (χ4v) is 3.06. The first-order chi connectivity index (χ1) is 9.36. The summed E-state index contributed by atoms with van der Waals surface area (Å²) in [4.78, 5) is 0. The summed E-state index contributed by atoms with van der Waals surface area (Å²) in [7, 11) is 0. The lowest BCUT2D eigenvalue weighted by atomic mass is 9.99. The molecule has 1 atom stereocenters. The van der Waals surface area contributed by atoms with E-state index in [-0.39, 0.29) is 6.04 Å². The highest BCUT2D eigenvalue weighted by Gasteiger charge is 2.11. The number of nitrogens with one attached hydrogen (secondary N) is 1. The molecule has 3 heteroatoms. The van der Waals surface area contributed by atoms with Gasteiger partial charge in [-0.3, -0.25) is 11.3 Å². The monoisotopic (exact) mass is 268 g/mol. The second-order valence-electron chi connectivity index (χ2n) is 4.66. The molecule has 3 rings (SSSR count). The van der Waals surface area contributed by atoms with E-state index in [9.17, 15) is 0 Å². The van der Waals surface area contributed by atoms with E-state index in [1.807, 2.05) is 0 Å². The number of thiophene rings is 1. The highest BCUT2D eigenvalue weighted by atomic mass is 32.1. The molecule has 3 aromatic rings. The van der Waals surface area contributed by atoms with Crippen LogP contribution in [0.2, 0.25) is 0 Å². The van der Waals surface area contributed by atoms with Crippen LogP contribution in [0.1, 0.15) is 17.2 Å². The van der Waals surface area contributed by atoms with Crippen LogP contribution in [0, 0.1) is 0 Å². The summed E-state index contributed by atoms with van der Waals surface area (Å²) in [5.41, 5.74) is 5.46. The van der Waals surface area contributed by atoms with Gasteiger partial charge in [-0.25, -0.2) is 0 Å². The van der Waals surface area contributed by atoms with Gasteiger partial charge in [0, 0.05) is 0 Å². The highest BCUT2D eigenvalue weighted by Crippen LogP contribution is 2.22. The van der Waals surface area contributed by atoms with Crippen molar-refractivity contribution < 1.29 is 0 Å². The molecular weight excluding hydrogens is 252 g/mol. The molecule has 0 spiro atoms. The van der Waals surface area contributed by atoms with Gasteiger partial charge in [-0.2, -0.15) is 11.3 Å². The molecule has 0 aliphatic carbocycles. The Balaban J connectivity index is 1.88. The quantitative estimate of drug-likeness (QED) is 0.560. The van der Waals surface area contributed by atoms with Crippen LogP contribution in [0.4, 0.5) is 0 Å². The van der Waals surface area contributed by atoms with Gasteiger partial charge in [-0.05, 0) is 45.1 Å². The lowest BCUT2D eigenvalue weighted by molar-refractivity contribution is 0.554. The van der Waals surface area contributed by atoms with Crippen LogP contribution in [0.3, 0.4) is 0 Å². The molecule has 0 fully saturated rings. The van der Waals surface area contributed by atoms with Crippen molar-refractivity contribution in [2.45, 2.75) is 12.5 Å². The van der Waals surface area contributed by atoms with E-state index in [1.165, 1.54) is 21.9 Å². The van der Waals surface area contributed by atoms with Crippen molar-refractivity contribution in [2.75, 3.05) is 0 Å². The zero-order valence-corrected chi connectivity index (χ0v) is 11.4. The Morgan fingerprint density at radius 3 is 2.63 bits per heavy atom. The Hall–Kier alpha value is -1.68. The Morgan fingerprint density at radius 2 is 1.89 bits per heavy atom. The molecule has 0 amide bonds. The van der Waals surface area contributed by atoms with Gasteiger partial charge in [0.05, 0.1) is 6.04 Å². The van der Waals surface area contributed by atoms with Gasteiger partial charge in [0.15, 0.2) is 0 Å². The average Bonchev–Trinajstić information content (AvgIpc) is 2.98. The SMILES string of the molecule is NNC(Cc1ccc2ccccc2c1)c1ccsc1. The summed E-state index contributed by atoms with van der Waals surface area (Å²) in [6, 6.07) is 17.3. The summed E-state index contributed by atoms with van der Waals surface area (Å²) < 4.78 is 0. The van der Waals surface area contributed by atoms with Gasteiger partial charge >= 0.3 is 0 Å². The average molecular weight is 268 g/mol. The zero-order valence-electron chi connectivity index (χ0n) is 10.5. The molecular formula is C16H16N2S. The third kappa shape index (κ3) is 2.68.